The molecule has 0 fully saturated rings. The zero-order valence-electron chi connectivity index (χ0n) is 9.39. The molecule has 0 bridgehead atoms. The first-order chi connectivity index (χ1) is 8.28. The van der Waals surface area contributed by atoms with E-state index in [2.05, 4.69) is 4.98 Å². The first-order valence-corrected chi connectivity index (χ1v) is 5.16. The van der Waals surface area contributed by atoms with Crippen LogP contribution < -0.4 is 4.74 Å². The van der Waals surface area contributed by atoms with Gasteiger partial charge in [-0.1, -0.05) is 18.2 Å². The molecule has 3 nitrogen and oxygen atoms in total. The van der Waals surface area contributed by atoms with Gasteiger partial charge in [0.1, 0.15) is 5.75 Å². The summed E-state index contributed by atoms with van der Waals surface area (Å²) in [5, 5.41) is 0. The molecule has 0 N–H and O–H groups in total. The minimum atomic E-state index is -0.560. The molecule has 0 amide bonds. The molecule has 0 spiro atoms. The van der Waals surface area contributed by atoms with E-state index in [1.54, 1.807) is 25.3 Å². The molecule has 2 rings (SSSR count). The van der Waals surface area contributed by atoms with Gasteiger partial charge in [-0.25, -0.2) is 0 Å². The Morgan fingerprint density at radius 1 is 1.18 bits per heavy atom. The summed E-state index contributed by atoms with van der Waals surface area (Å²) >= 11 is 0. The lowest BCUT2D eigenvalue weighted by Gasteiger charge is -2.06. The van der Waals surface area contributed by atoms with Crippen molar-refractivity contribution in [1.29, 1.82) is 0 Å². The molecule has 0 aliphatic heterocycles. The molecule has 0 radical (unpaired) electrons. The lowest BCUT2D eigenvalue weighted by Crippen LogP contribution is -1.92. The average molecular weight is 233 g/mol. The van der Waals surface area contributed by atoms with Crippen molar-refractivity contribution in [1.82, 2.24) is 4.98 Å². The van der Waals surface area contributed by atoms with E-state index in [4.69, 9.17) is 9.47 Å². The number of hydrogen-bond donors (Lipinski definition) is 0. The predicted octanol–water partition coefficient (Wildman–Crippen LogP) is 3.16. The topological polar surface area (TPSA) is 31.4 Å². The van der Waals surface area contributed by atoms with E-state index in [0.717, 1.165) is 5.56 Å². The van der Waals surface area contributed by atoms with Crippen LogP contribution in [0.5, 0.6) is 11.6 Å². The Labute approximate surface area is 98.8 Å². The summed E-state index contributed by atoms with van der Waals surface area (Å²) in [6.45, 7) is 0.508. The van der Waals surface area contributed by atoms with E-state index in [-0.39, 0.29) is 5.88 Å². The number of halogens is 1. The van der Waals surface area contributed by atoms with Crippen molar-refractivity contribution < 1.29 is 13.9 Å². The van der Waals surface area contributed by atoms with E-state index in [1.807, 2.05) is 18.2 Å². The minimum absolute atomic E-state index is 0.236. The molecule has 17 heavy (non-hydrogen) atoms. The van der Waals surface area contributed by atoms with Gasteiger partial charge in [-0.3, -0.25) is 0 Å². The molecule has 1 aromatic heterocycles. The third kappa shape index (κ3) is 3.26. The van der Waals surface area contributed by atoms with Crippen molar-refractivity contribution in [3.05, 3.63) is 54.0 Å². The summed E-state index contributed by atoms with van der Waals surface area (Å²) in [5.74, 6) is 0.285. The highest BCUT2D eigenvalue weighted by Crippen LogP contribution is 2.20. The van der Waals surface area contributed by atoms with Gasteiger partial charge in [0.25, 0.3) is 0 Å². The quantitative estimate of drug-likeness (QED) is 0.760. The van der Waals surface area contributed by atoms with Crippen LogP contribution in [-0.2, 0) is 11.3 Å². The van der Waals surface area contributed by atoms with E-state index >= 15 is 0 Å². The molecule has 0 saturated heterocycles. The zero-order valence-corrected chi connectivity index (χ0v) is 9.39. The molecule has 4 heteroatoms. The molecule has 1 aromatic carbocycles. The first kappa shape index (κ1) is 11.5. The van der Waals surface area contributed by atoms with Crippen LogP contribution in [0.4, 0.5) is 4.39 Å². The van der Waals surface area contributed by atoms with Crippen LogP contribution in [0.1, 0.15) is 5.56 Å². The highest BCUT2D eigenvalue weighted by molar-refractivity contribution is 5.31. The standard InChI is InChI=1S/C13H12FNO2/c1-16-9-10-4-2-5-11(8-10)17-13-7-3-6-12(14)15-13/h2-8H,9H2,1H3. The highest BCUT2D eigenvalue weighted by atomic mass is 19.1. The van der Waals surface area contributed by atoms with Gasteiger partial charge in [0.05, 0.1) is 6.61 Å². The normalized spacial score (nSPS) is 10.2. The van der Waals surface area contributed by atoms with Gasteiger partial charge in [-0.05, 0) is 23.8 Å². The molecule has 0 aliphatic rings. The van der Waals surface area contributed by atoms with E-state index in [1.165, 1.54) is 6.07 Å². The number of nitrogens with zero attached hydrogens (tertiary/aromatic N) is 1. The van der Waals surface area contributed by atoms with Gasteiger partial charge in [0, 0.05) is 13.2 Å². The molecular weight excluding hydrogens is 221 g/mol. The fourth-order valence-electron chi connectivity index (χ4n) is 1.43. The third-order valence-electron chi connectivity index (χ3n) is 2.12. The Morgan fingerprint density at radius 2 is 2.00 bits per heavy atom. The van der Waals surface area contributed by atoms with Gasteiger partial charge in [0.2, 0.25) is 11.8 Å². The number of hydrogen-bond acceptors (Lipinski definition) is 3. The van der Waals surface area contributed by atoms with E-state index < -0.39 is 5.95 Å². The predicted molar refractivity (Wildman–Crippen MR) is 61.4 cm³/mol. The second kappa shape index (κ2) is 5.41. The van der Waals surface area contributed by atoms with Gasteiger partial charge in [-0.2, -0.15) is 9.37 Å². The zero-order chi connectivity index (χ0) is 12.1. The Balaban J connectivity index is 2.15. The smallest absolute Gasteiger partial charge is 0.221 e. The Kier molecular flexibility index (Phi) is 3.67. The number of benzene rings is 1. The van der Waals surface area contributed by atoms with Crippen molar-refractivity contribution in [2.24, 2.45) is 0 Å². The summed E-state index contributed by atoms with van der Waals surface area (Å²) in [6.07, 6.45) is 0. The maximum absolute atomic E-state index is 12.9. The summed E-state index contributed by atoms with van der Waals surface area (Å²) in [5.41, 5.74) is 0.987. The Bertz CT molecular complexity index is 502. The molecule has 0 saturated carbocycles. The van der Waals surface area contributed by atoms with Crippen LogP contribution in [-0.4, -0.2) is 12.1 Å². The number of pyridine rings is 1. The van der Waals surface area contributed by atoms with Crippen molar-refractivity contribution in [2.75, 3.05) is 7.11 Å². The monoisotopic (exact) mass is 233 g/mol. The summed E-state index contributed by atoms with van der Waals surface area (Å²) in [6, 6.07) is 11.8. The number of ether oxygens (including phenoxy) is 2. The molecule has 1 heterocycles. The van der Waals surface area contributed by atoms with Crippen molar-refractivity contribution in [3.8, 4) is 11.6 Å². The van der Waals surface area contributed by atoms with Gasteiger partial charge in [0.15, 0.2) is 0 Å². The third-order valence-corrected chi connectivity index (χ3v) is 2.12. The van der Waals surface area contributed by atoms with E-state index in [9.17, 15) is 4.39 Å². The van der Waals surface area contributed by atoms with Crippen LogP contribution in [0.15, 0.2) is 42.5 Å². The fourth-order valence-corrected chi connectivity index (χ4v) is 1.43. The number of aromatic nitrogens is 1. The second-order valence-electron chi connectivity index (χ2n) is 3.48. The summed E-state index contributed by atoms with van der Waals surface area (Å²) in [4.78, 5) is 3.62. The largest absolute Gasteiger partial charge is 0.439 e. The maximum atomic E-state index is 12.9. The average Bonchev–Trinajstić information content (AvgIpc) is 2.30. The number of methoxy groups -OCH3 is 1. The Morgan fingerprint density at radius 3 is 2.76 bits per heavy atom. The molecule has 2 aromatic rings. The van der Waals surface area contributed by atoms with Crippen LogP contribution in [0.25, 0.3) is 0 Å². The maximum Gasteiger partial charge on any atom is 0.221 e. The van der Waals surface area contributed by atoms with E-state index in [0.29, 0.717) is 12.4 Å². The number of rotatable bonds is 4. The van der Waals surface area contributed by atoms with Gasteiger partial charge < -0.3 is 9.47 Å². The lowest BCUT2D eigenvalue weighted by molar-refractivity contribution is 0.184. The van der Waals surface area contributed by atoms with Crippen molar-refractivity contribution in [2.45, 2.75) is 6.61 Å². The van der Waals surface area contributed by atoms with Gasteiger partial charge in [-0.15, -0.1) is 0 Å². The van der Waals surface area contributed by atoms with Crippen LogP contribution in [0.3, 0.4) is 0 Å². The first-order valence-electron chi connectivity index (χ1n) is 5.16. The summed E-state index contributed by atoms with van der Waals surface area (Å²) < 4.78 is 23.3. The lowest BCUT2D eigenvalue weighted by atomic mass is 10.2. The highest BCUT2D eigenvalue weighted by Gasteiger charge is 2.01. The van der Waals surface area contributed by atoms with Gasteiger partial charge >= 0.3 is 0 Å². The van der Waals surface area contributed by atoms with Crippen molar-refractivity contribution in [3.63, 3.8) is 0 Å². The fraction of sp³-hybridized carbons (Fsp3) is 0.154. The van der Waals surface area contributed by atoms with Crippen molar-refractivity contribution >= 4 is 0 Å². The van der Waals surface area contributed by atoms with Crippen LogP contribution in [0, 0.1) is 5.95 Å². The summed E-state index contributed by atoms with van der Waals surface area (Å²) in [7, 11) is 1.63. The van der Waals surface area contributed by atoms with Crippen LogP contribution in [0.2, 0.25) is 0 Å². The molecule has 0 aliphatic carbocycles. The second-order valence-corrected chi connectivity index (χ2v) is 3.48. The molecule has 0 atom stereocenters. The Hall–Kier alpha value is -1.94. The van der Waals surface area contributed by atoms with Crippen LogP contribution >= 0.6 is 0 Å². The SMILES string of the molecule is COCc1cccc(Oc2cccc(F)n2)c1. The molecule has 0 unspecified atom stereocenters. The molecular formula is C13H12FNO2. The molecule has 88 valence electrons. The minimum Gasteiger partial charge on any atom is -0.439 e.